The van der Waals surface area contributed by atoms with Crippen LogP contribution in [0.4, 0.5) is 11.4 Å². The predicted octanol–water partition coefficient (Wildman–Crippen LogP) is 5.61. The van der Waals surface area contributed by atoms with Crippen LogP contribution in [0.25, 0.3) is 0 Å². The monoisotopic (exact) mass is 484 g/mol. The summed E-state index contributed by atoms with van der Waals surface area (Å²) in [6, 6.07) is 34.9. The smallest absolute Gasteiger partial charge is 0.0972 e. The number of aliphatic hydroxyl groups is 2. The fourth-order valence-electron chi connectivity index (χ4n) is 3.45. The van der Waals surface area contributed by atoms with Gasteiger partial charge in [-0.05, 0) is 12.1 Å². The minimum Gasteiger partial charge on any atom is -0.392 e. The van der Waals surface area contributed by atoms with Crippen molar-refractivity contribution in [1.82, 2.24) is 0 Å². The average molecular weight is 486 g/mol. The van der Waals surface area contributed by atoms with E-state index in [1.807, 2.05) is 109 Å². The van der Waals surface area contributed by atoms with Gasteiger partial charge in [-0.3, -0.25) is 0 Å². The molecule has 5 heteroatoms. The van der Waals surface area contributed by atoms with Crippen LogP contribution in [-0.4, -0.2) is 21.6 Å². The summed E-state index contributed by atoms with van der Waals surface area (Å²) in [5.74, 6) is 0. The van der Waals surface area contributed by atoms with Crippen molar-refractivity contribution < 1.29 is 29.7 Å². The minimum absolute atomic E-state index is 0. The largest absolute Gasteiger partial charge is 0.392 e. The fourth-order valence-corrected chi connectivity index (χ4v) is 3.45. The Morgan fingerprint density at radius 1 is 0.485 bits per heavy atom. The molecule has 0 unspecified atom stereocenters. The number of para-hydroxylation sites is 2. The van der Waals surface area contributed by atoms with Gasteiger partial charge in [-0.25, -0.2) is 9.98 Å². The van der Waals surface area contributed by atoms with Crippen molar-refractivity contribution in [2.45, 2.75) is 13.2 Å². The van der Waals surface area contributed by atoms with Crippen molar-refractivity contribution in [3.8, 4) is 0 Å². The van der Waals surface area contributed by atoms with Gasteiger partial charge in [0, 0.05) is 41.7 Å². The molecular weight excluding hydrogens is 462 g/mol. The Labute approximate surface area is 206 Å². The third-order valence-electron chi connectivity index (χ3n) is 5.11. The zero-order valence-electron chi connectivity index (χ0n) is 18.3. The topological polar surface area (TPSA) is 65.2 Å². The van der Waals surface area contributed by atoms with Gasteiger partial charge >= 0.3 is 0 Å². The molecule has 0 saturated heterocycles. The third-order valence-corrected chi connectivity index (χ3v) is 5.11. The fraction of sp³-hybridized carbons (Fsp3) is 0.0714. The van der Waals surface area contributed by atoms with Crippen LogP contribution in [0.5, 0.6) is 0 Å². The van der Waals surface area contributed by atoms with Crippen LogP contribution in [0.2, 0.25) is 0 Å². The molecule has 33 heavy (non-hydrogen) atoms. The van der Waals surface area contributed by atoms with Crippen molar-refractivity contribution >= 4 is 22.8 Å². The van der Waals surface area contributed by atoms with Crippen LogP contribution in [0.1, 0.15) is 22.3 Å². The van der Waals surface area contributed by atoms with Gasteiger partial charge in [0.25, 0.3) is 0 Å². The second-order valence-corrected chi connectivity index (χ2v) is 7.23. The number of aliphatic imine (C=N–C) groups is 2. The van der Waals surface area contributed by atoms with Gasteiger partial charge in [0.15, 0.2) is 0 Å². The molecule has 0 heterocycles. The summed E-state index contributed by atoms with van der Waals surface area (Å²) in [5.41, 5.74) is 6.04. The Bertz CT molecular complexity index is 1140. The normalized spacial score (nSPS) is 11.7. The van der Waals surface area contributed by atoms with Gasteiger partial charge in [0.2, 0.25) is 0 Å². The van der Waals surface area contributed by atoms with Crippen molar-refractivity contribution in [1.29, 1.82) is 0 Å². The van der Waals surface area contributed by atoms with E-state index in [-0.39, 0.29) is 32.7 Å². The van der Waals surface area contributed by atoms with Gasteiger partial charge in [-0.2, -0.15) is 0 Å². The molecule has 0 aliphatic heterocycles. The van der Waals surface area contributed by atoms with E-state index in [2.05, 4.69) is 0 Å². The molecule has 0 aromatic heterocycles. The summed E-state index contributed by atoms with van der Waals surface area (Å²) in [4.78, 5) is 9.98. The number of benzene rings is 4. The molecule has 0 aliphatic carbocycles. The molecule has 0 radical (unpaired) electrons. The zero-order valence-corrected chi connectivity index (χ0v) is 21.3. The summed E-state index contributed by atoms with van der Waals surface area (Å²) in [6.07, 6.45) is 0. The summed E-state index contributed by atoms with van der Waals surface area (Å²) < 4.78 is 0. The number of hydrogen-bond acceptors (Lipinski definition) is 4. The maximum atomic E-state index is 9.83. The first-order chi connectivity index (χ1) is 15.8. The Kier molecular flexibility index (Phi) is 8.97. The maximum absolute atomic E-state index is 9.83. The van der Waals surface area contributed by atoms with E-state index >= 15 is 0 Å². The molecule has 4 rings (SSSR count). The molecule has 4 aromatic carbocycles. The Hall–Kier alpha value is -3.24. The van der Waals surface area contributed by atoms with Crippen LogP contribution >= 0.6 is 0 Å². The predicted molar refractivity (Wildman–Crippen MR) is 130 cm³/mol. The SMILES string of the molecule is OCc1ccccc1N=C(C(=Nc1ccccc1CO)c1ccccc1)c1ccccc1.[Zn]. The van der Waals surface area contributed by atoms with E-state index in [0.717, 1.165) is 22.3 Å². The van der Waals surface area contributed by atoms with Crippen molar-refractivity contribution in [3.05, 3.63) is 131 Å². The van der Waals surface area contributed by atoms with Gasteiger partial charge in [0.05, 0.1) is 36.0 Å². The molecule has 4 nitrogen and oxygen atoms in total. The van der Waals surface area contributed by atoms with Crippen LogP contribution < -0.4 is 0 Å². The quantitative estimate of drug-likeness (QED) is 0.264. The standard InChI is InChI=1S/C28H24N2O2.Zn/c31-19-23-15-7-9-17-25(23)29-27(21-11-3-1-4-12-21)28(22-13-5-2-6-14-22)30-26-18-10-8-16-24(26)20-32;/h1-18,31-32H,19-20H2;. The summed E-state index contributed by atoms with van der Waals surface area (Å²) in [6.45, 7) is -0.209. The first-order valence-electron chi connectivity index (χ1n) is 10.5. The first kappa shape index (κ1) is 24.4. The van der Waals surface area contributed by atoms with Gasteiger partial charge in [-0.15, -0.1) is 0 Å². The number of rotatable bonds is 7. The molecule has 0 aliphatic rings. The summed E-state index contributed by atoms with van der Waals surface area (Å²) in [5, 5.41) is 19.7. The van der Waals surface area contributed by atoms with E-state index in [1.54, 1.807) is 0 Å². The Morgan fingerprint density at radius 2 is 0.818 bits per heavy atom. The van der Waals surface area contributed by atoms with Crippen LogP contribution in [0, 0.1) is 0 Å². The molecular formula is C28H24N2O2Zn. The van der Waals surface area contributed by atoms with Gasteiger partial charge in [0.1, 0.15) is 0 Å². The van der Waals surface area contributed by atoms with Crippen LogP contribution in [0.3, 0.4) is 0 Å². The van der Waals surface area contributed by atoms with Gasteiger partial charge < -0.3 is 10.2 Å². The molecule has 0 spiro atoms. The van der Waals surface area contributed by atoms with Crippen molar-refractivity contribution in [2.75, 3.05) is 0 Å². The van der Waals surface area contributed by atoms with Crippen LogP contribution in [0.15, 0.2) is 119 Å². The van der Waals surface area contributed by atoms with Gasteiger partial charge in [-0.1, -0.05) is 97.1 Å². The molecule has 0 atom stereocenters. The molecule has 2 N–H and O–H groups in total. The molecule has 0 amide bonds. The van der Waals surface area contributed by atoms with E-state index < -0.39 is 0 Å². The van der Waals surface area contributed by atoms with Crippen LogP contribution in [-0.2, 0) is 32.7 Å². The summed E-state index contributed by atoms with van der Waals surface area (Å²) in [7, 11) is 0. The summed E-state index contributed by atoms with van der Waals surface area (Å²) >= 11 is 0. The molecule has 0 bridgehead atoms. The maximum Gasteiger partial charge on any atom is 0.0972 e. The Morgan fingerprint density at radius 3 is 1.18 bits per heavy atom. The second-order valence-electron chi connectivity index (χ2n) is 7.23. The van der Waals surface area contributed by atoms with Crippen molar-refractivity contribution in [3.63, 3.8) is 0 Å². The number of aliphatic hydroxyl groups excluding tert-OH is 2. The van der Waals surface area contributed by atoms with E-state index in [0.29, 0.717) is 22.8 Å². The molecule has 4 aromatic rings. The van der Waals surface area contributed by atoms with E-state index in [4.69, 9.17) is 9.98 Å². The number of nitrogens with zero attached hydrogens (tertiary/aromatic N) is 2. The van der Waals surface area contributed by atoms with Crippen molar-refractivity contribution in [2.24, 2.45) is 9.98 Å². The average Bonchev–Trinajstić information content (AvgIpc) is 2.87. The van der Waals surface area contributed by atoms with E-state index in [1.165, 1.54) is 0 Å². The molecule has 160 valence electrons. The molecule has 0 fully saturated rings. The third kappa shape index (κ3) is 5.97. The molecule has 0 saturated carbocycles. The zero-order chi connectivity index (χ0) is 22.2. The first-order valence-corrected chi connectivity index (χ1v) is 10.5. The minimum atomic E-state index is -0.104. The second kappa shape index (κ2) is 12.1. The number of hydrogen-bond donors (Lipinski definition) is 2. The Balaban J connectivity index is 0.00000306. The van der Waals surface area contributed by atoms with E-state index in [9.17, 15) is 10.2 Å².